The zero-order chi connectivity index (χ0) is 16.4. The topological polar surface area (TPSA) is 100 Å². The maximum absolute atomic E-state index is 11.1. The van der Waals surface area contributed by atoms with Gasteiger partial charge in [-0.2, -0.15) is 0 Å². The van der Waals surface area contributed by atoms with Crippen LogP contribution < -0.4 is 5.32 Å². The molecule has 0 saturated heterocycles. The maximum atomic E-state index is 11.1. The summed E-state index contributed by atoms with van der Waals surface area (Å²) in [7, 11) is -2.65. The molecule has 0 aliphatic rings. The number of hydrogen-bond donors (Lipinski definition) is 1. The van der Waals surface area contributed by atoms with Crippen molar-refractivity contribution in [3.05, 3.63) is 0 Å². The second kappa shape index (κ2) is 9.61. The summed E-state index contributed by atoms with van der Waals surface area (Å²) in [4.78, 5) is 11.1. The fourth-order valence-electron chi connectivity index (χ4n) is 2.05. The summed E-state index contributed by atoms with van der Waals surface area (Å²) in [6, 6.07) is 0.669. The predicted molar refractivity (Wildman–Crippen MR) is 82.2 cm³/mol. The summed E-state index contributed by atoms with van der Waals surface area (Å²) in [5.74, 6) is 0.127. The molecule has 1 N–H and O–H groups in total. The van der Waals surface area contributed by atoms with Gasteiger partial charge in [-0.05, 0) is 37.6 Å². The van der Waals surface area contributed by atoms with Crippen LogP contribution in [0.25, 0.3) is 0 Å². The first-order chi connectivity index (χ1) is 10.6. The monoisotopic (exact) mass is 331 g/mol. The van der Waals surface area contributed by atoms with Crippen molar-refractivity contribution in [1.82, 2.24) is 20.2 Å². The molecule has 126 valence electrons. The second-order valence-corrected chi connectivity index (χ2v) is 7.22. The number of aromatic nitrogens is 4. The molecule has 0 fully saturated rings. The molecule has 10 heteroatoms. The van der Waals surface area contributed by atoms with Gasteiger partial charge in [0.1, 0.15) is 0 Å². The van der Waals surface area contributed by atoms with Gasteiger partial charge >= 0.3 is 8.80 Å². The van der Waals surface area contributed by atoms with Crippen molar-refractivity contribution in [3.8, 4) is 0 Å². The fraction of sp³-hybridized carbons (Fsp3) is 0.833. The lowest BCUT2D eigenvalue weighted by Gasteiger charge is -2.28. The first kappa shape index (κ1) is 18.7. The maximum Gasteiger partial charge on any atom is 0.500 e. The van der Waals surface area contributed by atoms with E-state index in [9.17, 15) is 4.79 Å². The van der Waals surface area contributed by atoms with E-state index < -0.39 is 8.80 Å². The van der Waals surface area contributed by atoms with E-state index in [2.05, 4.69) is 20.8 Å². The lowest BCUT2D eigenvalue weighted by atomic mass is 10.5. The van der Waals surface area contributed by atoms with Crippen LogP contribution in [0.5, 0.6) is 0 Å². The van der Waals surface area contributed by atoms with Crippen LogP contribution in [-0.4, -0.2) is 54.7 Å². The molecule has 1 amide bonds. The second-order valence-electron chi connectivity index (χ2n) is 4.49. The fourth-order valence-corrected chi connectivity index (χ4v) is 4.64. The third kappa shape index (κ3) is 5.79. The Morgan fingerprint density at radius 1 is 1.18 bits per heavy atom. The standard InChI is InChI=1S/C12H25N5O4Si/c1-5-19-22(20-6-2,21-7-3)10-8-9-17-12(13-11(4)18)14-15-16-17/h5-10H2,1-4H3,(H,13,14,16,18). The molecular formula is C12H25N5O4Si. The zero-order valence-electron chi connectivity index (χ0n) is 13.7. The number of anilines is 1. The number of nitrogens with one attached hydrogen (secondary N) is 1. The normalized spacial score (nSPS) is 11.6. The van der Waals surface area contributed by atoms with Gasteiger partial charge in [0, 0.05) is 39.3 Å². The number of hydrogen-bond acceptors (Lipinski definition) is 7. The third-order valence-corrected chi connectivity index (χ3v) is 5.92. The van der Waals surface area contributed by atoms with Crippen molar-refractivity contribution < 1.29 is 18.1 Å². The lowest BCUT2D eigenvalue weighted by molar-refractivity contribution is -0.114. The Balaban J connectivity index is 2.61. The van der Waals surface area contributed by atoms with Gasteiger partial charge in [-0.3, -0.25) is 10.1 Å². The van der Waals surface area contributed by atoms with Gasteiger partial charge in [0.2, 0.25) is 11.9 Å². The average Bonchev–Trinajstić information content (AvgIpc) is 2.86. The SMILES string of the molecule is CCO[Si](CCCn1nnnc1NC(C)=O)(OCC)OCC. The van der Waals surface area contributed by atoms with E-state index in [-0.39, 0.29) is 5.91 Å². The van der Waals surface area contributed by atoms with E-state index in [1.807, 2.05) is 20.8 Å². The van der Waals surface area contributed by atoms with Crippen LogP contribution in [0.3, 0.4) is 0 Å². The number of carbonyl (C=O) groups is 1. The summed E-state index contributed by atoms with van der Waals surface area (Å²) >= 11 is 0. The Kier molecular flexibility index (Phi) is 8.16. The van der Waals surface area contributed by atoms with Crippen LogP contribution in [0.15, 0.2) is 0 Å². The van der Waals surface area contributed by atoms with Crippen LogP contribution in [0, 0.1) is 0 Å². The van der Waals surface area contributed by atoms with Crippen molar-refractivity contribution in [1.29, 1.82) is 0 Å². The average molecular weight is 331 g/mol. The Labute approximate surface area is 131 Å². The van der Waals surface area contributed by atoms with E-state index in [0.717, 1.165) is 6.42 Å². The molecule has 1 rings (SSSR count). The molecule has 0 aromatic carbocycles. The van der Waals surface area contributed by atoms with E-state index >= 15 is 0 Å². The summed E-state index contributed by atoms with van der Waals surface area (Å²) in [6.07, 6.45) is 0.726. The Hall–Kier alpha value is -1.36. The molecule has 9 nitrogen and oxygen atoms in total. The van der Waals surface area contributed by atoms with Crippen molar-refractivity contribution in [2.45, 2.75) is 46.7 Å². The van der Waals surface area contributed by atoms with Gasteiger partial charge in [-0.1, -0.05) is 5.10 Å². The minimum Gasteiger partial charge on any atom is -0.374 e. The molecule has 0 saturated carbocycles. The first-order valence-electron chi connectivity index (χ1n) is 7.52. The van der Waals surface area contributed by atoms with E-state index in [4.69, 9.17) is 13.3 Å². The third-order valence-electron chi connectivity index (χ3n) is 2.77. The van der Waals surface area contributed by atoms with Crippen molar-refractivity contribution in [3.63, 3.8) is 0 Å². The largest absolute Gasteiger partial charge is 0.500 e. The summed E-state index contributed by atoms with van der Waals surface area (Å²) < 4.78 is 18.9. The van der Waals surface area contributed by atoms with Crippen LogP contribution in [-0.2, 0) is 24.6 Å². The molecule has 22 heavy (non-hydrogen) atoms. The first-order valence-corrected chi connectivity index (χ1v) is 9.45. The molecule has 0 atom stereocenters. The Bertz CT molecular complexity index is 439. The van der Waals surface area contributed by atoms with Crippen molar-refractivity contribution >= 4 is 20.7 Å². The van der Waals surface area contributed by atoms with E-state index in [1.165, 1.54) is 6.92 Å². The summed E-state index contributed by atoms with van der Waals surface area (Å²) in [5, 5.41) is 13.8. The molecule has 0 radical (unpaired) electrons. The van der Waals surface area contributed by atoms with Gasteiger partial charge in [-0.15, -0.1) is 0 Å². The van der Waals surface area contributed by atoms with E-state index in [0.29, 0.717) is 38.4 Å². The van der Waals surface area contributed by atoms with E-state index in [1.54, 1.807) is 4.68 Å². The Morgan fingerprint density at radius 3 is 2.27 bits per heavy atom. The predicted octanol–water partition coefficient (Wildman–Crippen LogP) is 1.07. The number of amides is 1. The molecule has 0 spiro atoms. The highest BCUT2D eigenvalue weighted by Gasteiger charge is 2.39. The molecule has 1 aromatic rings. The number of aryl methyl sites for hydroxylation is 1. The number of carbonyl (C=O) groups excluding carboxylic acids is 1. The Morgan fingerprint density at radius 2 is 1.77 bits per heavy atom. The minimum absolute atomic E-state index is 0.210. The molecule has 0 aliphatic carbocycles. The summed E-state index contributed by atoms with van der Waals surface area (Å²) in [5.41, 5.74) is 0. The molecule has 0 bridgehead atoms. The number of tetrazole rings is 1. The molecule has 0 aliphatic heterocycles. The van der Waals surface area contributed by atoms with Gasteiger partial charge in [0.25, 0.3) is 0 Å². The smallest absolute Gasteiger partial charge is 0.374 e. The lowest BCUT2D eigenvalue weighted by Crippen LogP contribution is -2.46. The van der Waals surface area contributed by atoms with Gasteiger partial charge in [0.05, 0.1) is 0 Å². The highest BCUT2D eigenvalue weighted by molar-refractivity contribution is 6.60. The molecular weight excluding hydrogens is 306 g/mol. The van der Waals surface area contributed by atoms with Gasteiger partial charge < -0.3 is 13.3 Å². The minimum atomic E-state index is -2.65. The van der Waals surface area contributed by atoms with Crippen LogP contribution in [0.1, 0.15) is 34.1 Å². The van der Waals surface area contributed by atoms with Gasteiger partial charge in [0.15, 0.2) is 0 Å². The summed E-state index contributed by atoms with van der Waals surface area (Å²) in [6.45, 7) is 9.39. The molecule has 1 heterocycles. The molecule has 1 aromatic heterocycles. The van der Waals surface area contributed by atoms with Crippen LogP contribution >= 0.6 is 0 Å². The van der Waals surface area contributed by atoms with Crippen molar-refractivity contribution in [2.24, 2.45) is 0 Å². The highest BCUT2D eigenvalue weighted by atomic mass is 28.4. The number of nitrogens with zero attached hydrogens (tertiary/aromatic N) is 4. The highest BCUT2D eigenvalue weighted by Crippen LogP contribution is 2.19. The number of rotatable bonds is 11. The van der Waals surface area contributed by atoms with Crippen LogP contribution in [0.4, 0.5) is 5.95 Å². The molecule has 0 unspecified atom stereocenters. The quantitative estimate of drug-likeness (QED) is 0.605. The zero-order valence-corrected chi connectivity index (χ0v) is 14.7. The van der Waals surface area contributed by atoms with Crippen molar-refractivity contribution in [2.75, 3.05) is 25.1 Å². The van der Waals surface area contributed by atoms with Gasteiger partial charge in [-0.25, -0.2) is 4.68 Å². The van der Waals surface area contributed by atoms with Crippen LogP contribution in [0.2, 0.25) is 6.04 Å².